The lowest BCUT2D eigenvalue weighted by Crippen LogP contribution is -2.33. The summed E-state index contributed by atoms with van der Waals surface area (Å²) in [5, 5.41) is 9.81. The topological polar surface area (TPSA) is 32.7 Å². The van der Waals surface area contributed by atoms with Crippen molar-refractivity contribution in [2.75, 3.05) is 32.8 Å². The van der Waals surface area contributed by atoms with Gasteiger partial charge in [0.05, 0.1) is 12.7 Å². The van der Waals surface area contributed by atoms with Crippen LogP contribution in [-0.4, -0.2) is 49.0 Å². The summed E-state index contributed by atoms with van der Waals surface area (Å²) < 4.78 is 5.42. The molecule has 96 valence electrons. The lowest BCUT2D eigenvalue weighted by atomic mass is 10.0. The molecule has 0 spiro atoms. The molecule has 1 aliphatic heterocycles. The summed E-state index contributed by atoms with van der Waals surface area (Å²) in [5.41, 5.74) is 0. The van der Waals surface area contributed by atoms with Gasteiger partial charge in [-0.25, -0.2) is 0 Å². The van der Waals surface area contributed by atoms with Crippen molar-refractivity contribution in [1.29, 1.82) is 0 Å². The van der Waals surface area contributed by atoms with E-state index >= 15 is 0 Å². The molecule has 0 aliphatic carbocycles. The summed E-state index contributed by atoms with van der Waals surface area (Å²) in [7, 11) is 0. The van der Waals surface area contributed by atoms with Crippen LogP contribution in [0.25, 0.3) is 0 Å². The molecular formula is C13H27NO2. The Hall–Kier alpha value is -0.120. The van der Waals surface area contributed by atoms with Crippen molar-refractivity contribution in [3.8, 4) is 0 Å². The van der Waals surface area contributed by atoms with E-state index in [-0.39, 0.29) is 6.10 Å². The van der Waals surface area contributed by atoms with Gasteiger partial charge >= 0.3 is 0 Å². The highest BCUT2D eigenvalue weighted by molar-refractivity contribution is 4.79. The third-order valence-electron chi connectivity index (χ3n) is 3.49. The van der Waals surface area contributed by atoms with E-state index in [0.29, 0.717) is 6.61 Å². The maximum absolute atomic E-state index is 9.81. The van der Waals surface area contributed by atoms with Gasteiger partial charge in [0.2, 0.25) is 0 Å². The monoisotopic (exact) mass is 229 g/mol. The quantitative estimate of drug-likeness (QED) is 0.675. The number of likely N-dealkylation sites (tertiary alicyclic amines) is 1. The largest absolute Gasteiger partial charge is 0.389 e. The number of ether oxygens (including phenoxy) is 1. The van der Waals surface area contributed by atoms with E-state index in [4.69, 9.17) is 4.74 Å². The molecule has 0 radical (unpaired) electrons. The van der Waals surface area contributed by atoms with E-state index in [1.165, 1.54) is 0 Å². The SMILES string of the molecule is CCCCOCC(O)CN1CC(C)C(C)C1. The highest BCUT2D eigenvalue weighted by atomic mass is 16.5. The molecule has 0 bridgehead atoms. The van der Waals surface area contributed by atoms with Crippen molar-refractivity contribution >= 4 is 0 Å². The normalized spacial score (nSPS) is 28.5. The molecule has 1 aliphatic rings. The molecule has 0 aromatic rings. The van der Waals surface area contributed by atoms with Gasteiger partial charge in [0, 0.05) is 26.2 Å². The standard InChI is InChI=1S/C13H27NO2/c1-4-5-6-16-10-13(15)9-14-7-11(2)12(3)8-14/h11-13,15H,4-10H2,1-3H3. The van der Waals surface area contributed by atoms with E-state index in [1.807, 2.05) is 0 Å². The Bertz CT molecular complexity index is 177. The summed E-state index contributed by atoms with van der Waals surface area (Å²) in [5.74, 6) is 1.52. The summed E-state index contributed by atoms with van der Waals surface area (Å²) in [6.07, 6.45) is 1.91. The van der Waals surface area contributed by atoms with Gasteiger partial charge < -0.3 is 14.7 Å². The predicted molar refractivity (Wildman–Crippen MR) is 66.5 cm³/mol. The van der Waals surface area contributed by atoms with E-state index < -0.39 is 0 Å². The van der Waals surface area contributed by atoms with Gasteiger partial charge in [-0.3, -0.25) is 0 Å². The summed E-state index contributed by atoms with van der Waals surface area (Å²) >= 11 is 0. The molecule has 1 saturated heterocycles. The van der Waals surface area contributed by atoms with Crippen molar-refractivity contribution < 1.29 is 9.84 Å². The number of hydrogen-bond acceptors (Lipinski definition) is 3. The first-order valence-electron chi connectivity index (χ1n) is 6.61. The van der Waals surface area contributed by atoms with Crippen LogP contribution in [-0.2, 0) is 4.74 Å². The molecule has 3 heteroatoms. The third kappa shape index (κ3) is 4.81. The second-order valence-electron chi connectivity index (χ2n) is 5.26. The molecule has 3 atom stereocenters. The van der Waals surface area contributed by atoms with Crippen molar-refractivity contribution in [2.45, 2.75) is 39.7 Å². The fourth-order valence-corrected chi connectivity index (χ4v) is 2.21. The molecule has 1 rings (SSSR count). The van der Waals surface area contributed by atoms with Gasteiger partial charge in [-0.15, -0.1) is 0 Å². The zero-order chi connectivity index (χ0) is 12.0. The van der Waals surface area contributed by atoms with Crippen LogP contribution >= 0.6 is 0 Å². The first-order chi connectivity index (χ1) is 7.63. The fraction of sp³-hybridized carbons (Fsp3) is 1.00. The highest BCUT2D eigenvalue weighted by Gasteiger charge is 2.26. The van der Waals surface area contributed by atoms with Crippen LogP contribution in [0.15, 0.2) is 0 Å². The Balaban J connectivity index is 2.08. The fourth-order valence-electron chi connectivity index (χ4n) is 2.21. The van der Waals surface area contributed by atoms with Gasteiger partial charge in [-0.05, 0) is 18.3 Å². The van der Waals surface area contributed by atoms with Crippen LogP contribution in [0.5, 0.6) is 0 Å². The molecule has 1 heterocycles. The molecule has 1 N–H and O–H groups in total. The minimum Gasteiger partial charge on any atom is -0.389 e. The summed E-state index contributed by atoms with van der Waals surface area (Å²) in [4.78, 5) is 2.35. The number of hydrogen-bond donors (Lipinski definition) is 1. The lowest BCUT2D eigenvalue weighted by molar-refractivity contribution is 0.0188. The molecule has 1 fully saturated rings. The van der Waals surface area contributed by atoms with Crippen LogP contribution in [0.3, 0.4) is 0 Å². The number of rotatable bonds is 7. The Morgan fingerprint density at radius 1 is 1.31 bits per heavy atom. The van der Waals surface area contributed by atoms with E-state index in [2.05, 4.69) is 25.7 Å². The van der Waals surface area contributed by atoms with Crippen molar-refractivity contribution in [2.24, 2.45) is 11.8 Å². The Kier molecular flexibility index (Phi) is 6.32. The van der Waals surface area contributed by atoms with E-state index in [1.54, 1.807) is 0 Å². The van der Waals surface area contributed by atoms with Crippen LogP contribution in [0.2, 0.25) is 0 Å². The van der Waals surface area contributed by atoms with E-state index in [0.717, 1.165) is 50.9 Å². The maximum atomic E-state index is 9.81. The smallest absolute Gasteiger partial charge is 0.0900 e. The second-order valence-corrected chi connectivity index (χ2v) is 5.26. The van der Waals surface area contributed by atoms with Gasteiger partial charge in [0.15, 0.2) is 0 Å². The highest BCUT2D eigenvalue weighted by Crippen LogP contribution is 2.21. The average molecular weight is 229 g/mol. The predicted octanol–water partition coefficient (Wildman–Crippen LogP) is 1.75. The minimum atomic E-state index is -0.325. The zero-order valence-electron chi connectivity index (χ0n) is 11.0. The number of aliphatic hydroxyl groups excluding tert-OH is 1. The van der Waals surface area contributed by atoms with Crippen LogP contribution < -0.4 is 0 Å². The molecule has 16 heavy (non-hydrogen) atoms. The first kappa shape index (κ1) is 13.9. The maximum Gasteiger partial charge on any atom is 0.0900 e. The molecule has 0 aromatic heterocycles. The number of nitrogens with zero attached hydrogens (tertiary/aromatic N) is 1. The first-order valence-corrected chi connectivity index (χ1v) is 6.61. The number of β-amino-alcohol motifs (C(OH)–C–C–N with tert-alkyl or cyclic N) is 1. The third-order valence-corrected chi connectivity index (χ3v) is 3.49. The van der Waals surface area contributed by atoms with Crippen LogP contribution in [0, 0.1) is 11.8 Å². The molecule has 0 aromatic carbocycles. The number of unbranched alkanes of at least 4 members (excludes halogenated alkanes) is 1. The molecule has 0 amide bonds. The van der Waals surface area contributed by atoms with Gasteiger partial charge in [0.1, 0.15) is 0 Å². The van der Waals surface area contributed by atoms with Crippen LogP contribution in [0.4, 0.5) is 0 Å². The number of aliphatic hydroxyl groups is 1. The summed E-state index contributed by atoms with van der Waals surface area (Å²) in [6.45, 7) is 11.0. The Labute approximate surface area is 99.8 Å². The molecule has 3 nitrogen and oxygen atoms in total. The summed E-state index contributed by atoms with van der Waals surface area (Å²) in [6, 6.07) is 0. The molecular weight excluding hydrogens is 202 g/mol. The van der Waals surface area contributed by atoms with Crippen molar-refractivity contribution in [1.82, 2.24) is 4.90 Å². The van der Waals surface area contributed by atoms with Crippen molar-refractivity contribution in [3.63, 3.8) is 0 Å². The zero-order valence-corrected chi connectivity index (χ0v) is 11.0. The van der Waals surface area contributed by atoms with Crippen LogP contribution in [0.1, 0.15) is 33.6 Å². The lowest BCUT2D eigenvalue weighted by Gasteiger charge is -2.19. The van der Waals surface area contributed by atoms with Gasteiger partial charge in [0.25, 0.3) is 0 Å². The minimum absolute atomic E-state index is 0.325. The van der Waals surface area contributed by atoms with Crippen molar-refractivity contribution in [3.05, 3.63) is 0 Å². The Morgan fingerprint density at radius 3 is 2.50 bits per heavy atom. The second kappa shape index (κ2) is 7.25. The van der Waals surface area contributed by atoms with Gasteiger partial charge in [-0.1, -0.05) is 27.2 Å². The molecule has 3 unspecified atom stereocenters. The van der Waals surface area contributed by atoms with Gasteiger partial charge in [-0.2, -0.15) is 0 Å². The molecule has 0 saturated carbocycles. The van der Waals surface area contributed by atoms with E-state index in [9.17, 15) is 5.11 Å². The average Bonchev–Trinajstić information content (AvgIpc) is 2.53. The Morgan fingerprint density at radius 2 is 1.94 bits per heavy atom.